The maximum absolute atomic E-state index is 11.5. The number of carbonyl (C=O) groups is 1. The highest BCUT2D eigenvalue weighted by Crippen LogP contribution is 2.09. The summed E-state index contributed by atoms with van der Waals surface area (Å²) in [5.41, 5.74) is 1.49. The number of thiocarbonyl (C=S) groups is 1. The van der Waals surface area contributed by atoms with Crippen molar-refractivity contribution in [1.29, 1.82) is 0 Å². The van der Waals surface area contributed by atoms with E-state index in [1.807, 2.05) is 12.1 Å². The molecule has 1 aliphatic rings. The summed E-state index contributed by atoms with van der Waals surface area (Å²) < 4.78 is 5.33. The number of amides is 1. The Balaban J connectivity index is 1.71. The third kappa shape index (κ3) is 5.25. The molecule has 1 heterocycles. The van der Waals surface area contributed by atoms with Crippen LogP contribution in [0.5, 0.6) is 0 Å². The Morgan fingerprint density at radius 3 is 2.59 bits per heavy atom. The summed E-state index contributed by atoms with van der Waals surface area (Å²) in [7, 11) is 1.62. The van der Waals surface area contributed by atoms with E-state index in [0.29, 0.717) is 10.7 Å². The van der Waals surface area contributed by atoms with Gasteiger partial charge in [0.2, 0.25) is 0 Å². The number of hydrogen-bond acceptors (Lipinski definition) is 3. The molecule has 4 N–H and O–H groups in total. The van der Waals surface area contributed by atoms with Gasteiger partial charge in [-0.3, -0.25) is 4.79 Å². The van der Waals surface area contributed by atoms with Crippen LogP contribution in [-0.2, 0) is 4.74 Å². The lowest BCUT2D eigenvalue weighted by atomic mass is 10.2. The van der Waals surface area contributed by atoms with Crippen LogP contribution in [0.1, 0.15) is 10.4 Å². The maximum atomic E-state index is 11.5. The first-order chi connectivity index (χ1) is 10.7. The number of ether oxygens (including phenoxy) is 1. The molecule has 2 rings (SSSR count). The first kappa shape index (κ1) is 16.7. The van der Waals surface area contributed by atoms with Crippen LogP contribution in [0.4, 0.5) is 5.69 Å². The van der Waals surface area contributed by atoms with Crippen LogP contribution in [0.2, 0.25) is 0 Å². The van der Waals surface area contributed by atoms with Gasteiger partial charge in [0.15, 0.2) is 5.11 Å². The van der Waals surface area contributed by atoms with Crippen molar-refractivity contribution in [2.24, 2.45) is 0 Å². The summed E-state index contributed by atoms with van der Waals surface area (Å²) in [5, 5.41) is 9.51. The minimum atomic E-state index is -0.0965. The molecule has 0 bridgehead atoms. The largest absolute Gasteiger partial charge is 0.370 e. The second-order valence-corrected chi connectivity index (χ2v) is 5.56. The van der Waals surface area contributed by atoms with Crippen LogP contribution in [0.15, 0.2) is 24.3 Å². The summed E-state index contributed by atoms with van der Waals surface area (Å²) in [6.07, 6.45) is 0. The van der Waals surface area contributed by atoms with Gasteiger partial charge in [-0.25, -0.2) is 0 Å². The molecule has 1 saturated heterocycles. The molecule has 0 aromatic heterocycles. The van der Waals surface area contributed by atoms with E-state index in [-0.39, 0.29) is 5.91 Å². The van der Waals surface area contributed by atoms with Gasteiger partial charge < -0.3 is 25.6 Å². The highest BCUT2D eigenvalue weighted by molar-refractivity contribution is 7.80. The fourth-order valence-electron chi connectivity index (χ4n) is 2.29. The molecule has 1 aromatic rings. The second-order valence-electron chi connectivity index (χ2n) is 5.15. The predicted octanol–water partition coefficient (Wildman–Crippen LogP) is -0.752. The zero-order valence-electron chi connectivity index (χ0n) is 12.8. The molecule has 0 spiro atoms. The Morgan fingerprint density at radius 1 is 1.27 bits per heavy atom. The van der Waals surface area contributed by atoms with Crippen LogP contribution in [0, 0.1) is 0 Å². The van der Waals surface area contributed by atoms with E-state index in [2.05, 4.69) is 16.0 Å². The van der Waals surface area contributed by atoms with E-state index < -0.39 is 0 Å². The number of rotatable bonds is 5. The van der Waals surface area contributed by atoms with E-state index in [0.717, 1.165) is 45.1 Å². The molecule has 0 atom stereocenters. The predicted molar refractivity (Wildman–Crippen MR) is 90.4 cm³/mol. The Morgan fingerprint density at radius 2 is 1.95 bits per heavy atom. The quantitative estimate of drug-likeness (QED) is 0.537. The van der Waals surface area contributed by atoms with Gasteiger partial charge in [0.1, 0.15) is 13.1 Å². The van der Waals surface area contributed by atoms with E-state index in [1.54, 1.807) is 19.2 Å². The van der Waals surface area contributed by atoms with Crippen molar-refractivity contribution >= 4 is 28.9 Å². The highest BCUT2D eigenvalue weighted by atomic mass is 32.1. The maximum Gasteiger partial charge on any atom is 0.251 e. The van der Waals surface area contributed by atoms with Crippen molar-refractivity contribution in [3.05, 3.63) is 29.8 Å². The SMILES string of the molecule is CNC(=O)c1ccc(NC(=S)NCC[NH+]2CCOCC2)cc1. The van der Waals surface area contributed by atoms with Gasteiger partial charge in [0, 0.05) is 18.3 Å². The average molecular weight is 323 g/mol. The van der Waals surface area contributed by atoms with Crippen molar-refractivity contribution in [2.45, 2.75) is 0 Å². The molecular weight excluding hydrogens is 300 g/mol. The molecule has 7 heteroatoms. The Kier molecular flexibility index (Phi) is 6.57. The average Bonchev–Trinajstić information content (AvgIpc) is 2.56. The number of quaternary nitrogens is 1. The van der Waals surface area contributed by atoms with Gasteiger partial charge in [0.25, 0.3) is 5.91 Å². The van der Waals surface area contributed by atoms with Gasteiger partial charge >= 0.3 is 0 Å². The summed E-state index contributed by atoms with van der Waals surface area (Å²) in [4.78, 5) is 13.0. The fraction of sp³-hybridized carbons (Fsp3) is 0.467. The first-order valence-electron chi connectivity index (χ1n) is 7.47. The minimum Gasteiger partial charge on any atom is -0.370 e. The molecule has 1 fully saturated rings. The van der Waals surface area contributed by atoms with Crippen LogP contribution >= 0.6 is 12.2 Å². The van der Waals surface area contributed by atoms with Crippen LogP contribution in [-0.4, -0.2) is 57.5 Å². The molecule has 1 amide bonds. The number of hydrogen-bond donors (Lipinski definition) is 4. The normalized spacial score (nSPS) is 15.1. The Bertz CT molecular complexity index is 501. The molecule has 120 valence electrons. The van der Waals surface area contributed by atoms with E-state index in [4.69, 9.17) is 17.0 Å². The zero-order valence-corrected chi connectivity index (χ0v) is 13.6. The van der Waals surface area contributed by atoms with E-state index >= 15 is 0 Å². The molecule has 0 saturated carbocycles. The molecule has 0 aliphatic carbocycles. The van der Waals surface area contributed by atoms with Crippen LogP contribution < -0.4 is 20.9 Å². The third-order valence-electron chi connectivity index (χ3n) is 3.60. The second kappa shape index (κ2) is 8.67. The van der Waals surface area contributed by atoms with Crippen LogP contribution in [0.25, 0.3) is 0 Å². The Labute approximate surface area is 136 Å². The molecule has 6 nitrogen and oxygen atoms in total. The van der Waals surface area contributed by atoms with Gasteiger partial charge in [-0.05, 0) is 36.5 Å². The first-order valence-corrected chi connectivity index (χ1v) is 7.88. The standard InChI is InChI=1S/C15H22N4O2S/c1-16-14(20)12-2-4-13(5-3-12)18-15(22)17-6-7-19-8-10-21-11-9-19/h2-5H,6-11H2,1H3,(H,16,20)(H2,17,18,22)/p+1. The van der Waals surface area contributed by atoms with Crippen molar-refractivity contribution < 1.29 is 14.4 Å². The van der Waals surface area contributed by atoms with E-state index in [9.17, 15) is 4.79 Å². The van der Waals surface area contributed by atoms with Crippen molar-refractivity contribution in [3.63, 3.8) is 0 Å². The molecule has 0 unspecified atom stereocenters. The topological polar surface area (TPSA) is 66.8 Å². The van der Waals surface area contributed by atoms with Crippen molar-refractivity contribution in [2.75, 3.05) is 51.8 Å². The number of morpholine rings is 1. The van der Waals surface area contributed by atoms with Gasteiger partial charge in [-0.2, -0.15) is 0 Å². The molecule has 0 radical (unpaired) electrons. The lowest BCUT2D eigenvalue weighted by Gasteiger charge is -2.24. The number of anilines is 1. The summed E-state index contributed by atoms with van der Waals surface area (Å²) >= 11 is 5.27. The summed E-state index contributed by atoms with van der Waals surface area (Å²) in [6, 6.07) is 7.21. The molecule has 1 aromatic carbocycles. The zero-order chi connectivity index (χ0) is 15.8. The molecule has 1 aliphatic heterocycles. The highest BCUT2D eigenvalue weighted by Gasteiger charge is 2.12. The summed E-state index contributed by atoms with van der Waals surface area (Å²) in [6.45, 7) is 5.66. The minimum absolute atomic E-state index is 0.0965. The number of benzene rings is 1. The van der Waals surface area contributed by atoms with Crippen molar-refractivity contribution in [3.8, 4) is 0 Å². The molecular formula is C15H23N4O2S+. The molecule has 22 heavy (non-hydrogen) atoms. The van der Waals surface area contributed by atoms with Gasteiger partial charge in [0.05, 0.1) is 26.3 Å². The van der Waals surface area contributed by atoms with Gasteiger partial charge in [-0.1, -0.05) is 0 Å². The van der Waals surface area contributed by atoms with Gasteiger partial charge in [-0.15, -0.1) is 0 Å². The smallest absolute Gasteiger partial charge is 0.251 e. The lowest BCUT2D eigenvalue weighted by Crippen LogP contribution is -3.14. The van der Waals surface area contributed by atoms with Crippen molar-refractivity contribution in [1.82, 2.24) is 10.6 Å². The number of carbonyl (C=O) groups excluding carboxylic acids is 1. The number of nitrogens with one attached hydrogen (secondary N) is 4. The Hall–Kier alpha value is -1.70. The van der Waals surface area contributed by atoms with E-state index in [1.165, 1.54) is 4.90 Å². The monoisotopic (exact) mass is 323 g/mol. The fourth-order valence-corrected chi connectivity index (χ4v) is 2.51. The van der Waals surface area contributed by atoms with Crippen LogP contribution in [0.3, 0.4) is 0 Å². The summed E-state index contributed by atoms with van der Waals surface area (Å²) in [5.74, 6) is -0.0965. The third-order valence-corrected chi connectivity index (χ3v) is 3.84. The lowest BCUT2D eigenvalue weighted by molar-refractivity contribution is -0.906.